The van der Waals surface area contributed by atoms with Crippen molar-refractivity contribution in [3.8, 4) is 0 Å². The lowest BCUT2D eigenvalue weighted by Gasteiger charge is -2.21. The monoisotopic (exact) mass is 348 g/mol. The summed E-state index contributed by atoms with van der Waals surface area (Å²) in [6, 6.07) is 5.55. The Bertz CT molecular complexity index is 764. The molecule has 2 heterocycles. The molecule has 2 aromatic rings. The van der Waals surface area contributed by atoms with Crippen molar-refractivity contribution in [1.29, 1.82) is 0 Å². The summed E-state index contributed by atoms with van der Waals surface area (Å²) >= 11 is 1.47. The van der Waals surface area contributed by atoms with Crippen molar-refractivity contribution in [2.24, 2.45) is 7.05 Å². The summed E-state index contributed by atoms with van der Waals surface area (Å²) < 4.78 is 16.0. The van der Waals surface area contributed by atoms with Gasteiger partial charge in [0, 0.05) is 25.0 Å². The molecule has 1 fully saturated rings. The molecule has 24 heavy (non-hydrogen) atoms. The number of rotatable bonds is 5. The largest absolute Gasteiger partial charge is 0.340 e. The Balaban J connectivity index is 1.83. The van der Waals surface area contributed by atoms with Crippen molar-refractivity contribution in [2.45, 2.75) is 6.04 Å². The van der Waals surface area contributed by atoms with E-state index in [2.05, 4.69) is 10.3 Å². The van der Waals surface area contributed by atoms with E-state index in [0.29, 0.717) is 23.0 Å². The van der Waals surface area contributed by atoms with Gasteiger partial charge in [-0.25, -0.2) is 9.37 Å². The van der Waals surface area contributed by atoms with Gasteiger partial charge in [0.2, 0.25) is 11.8 Å². The molecule has 1 aliphatic heterocycles. The second-order valence-electron chi connectivity index (χ2n) is 5.49. The van der Waals surface area contributed by atoms with Crippen molar-refractivity contribution in [3.63, 3.8) is 0 Å². The number of nitrogens with zero attached hydrogens (tertiary/aromatic N) is 3. The molecule has 1 saturated heterocycles. The molecule has 2 amide bonds. The first kappa shape index (κ1) is 16.5. The average molecular weight is 348 g/mol. The van der Waals surface area contributed by atoms with Gasteiger partial charge in [-0.3, -0.25) is 9.59 Å². The lowest BCUT2D eigenvalue weighted by molar-refractivity contribution is -0.132. The van der Waals surface area contributed by atoms with Gasteiger partial charge in [-0.05, 0) is 6.07 Å². The number of aryl methyl sites for hydroxylation is 1. The standard InChI is InChI=1S/C16H17FN4O2S/c1-20-7-6-18-16(20)15(11-4-2-3-5-12(11)17)19-13(22)8-21-10-24-9-14(21)23/h2-7,15H,8-10H2,1H3,(H,19,22)/t15-/m1/s1. The zero-order valence-electron chi connectivity index (χ0n) is 13.1. The van der Waals surface area contributed by atoms with Crippen LogP contribution in [-0.2, 0) is 16.6 Å². The van der Waals surface area contributed by atoms with E-state index in [9.17, 15) is 14.0 Å². The molecule has 1 N–H and O–H groups in total. The highest BCUT2D eigenvalue weighted by molar-refractivity contribution is 8.00. The van der Waals surface area contributed by atoms with Crippen LogP contribution in [0, 0.1) is 5.82 Å². The van der Waals surface area contributed by atoms with Crippen molar-refractivity contribution >= 4 is 23.6 Å². The number of aromatic nitrogens is 2. The fraction of sp³-hybridized carbons (Fsp3) is 0.312. The van der Waals surface area contributed by atoms with Gasteiger partial charge in [0.1, 0.15) is 24.2 Å². The van der Waals surface area contributed by atoms with Crippen LogP contribution >= 0.6 is 11.8 Å². The first-order chi connectivity index (χ1) is 11.6. The third-order valence-corrected chi connectivity index (χ3v) is 4.74. The molecule has 0 saturated carbocycles. The Kier molecular flexibility index (Phi) is 4.84. The number of halogens is 1. The number of hydrogen-bond acceptors (Lipinski definition) is 4. The second kappa shape index (κ2) is 7.04. The molecular weight excluding hydrogens is 331 g/mol. The first-order valence-electron chi connectivity index (χ1n) is 7.43. The molecule has 0 bridgehead atoms. The Morgan fingerprint density at radius 3 is 2.88 bits per heavy atom. The maximum absolute atomic E-state index is 14.2. The minimum Gasteiger partial charge on any atom is -0.340 e. The van der Waals surface area contributed by atoms with Gasteiger partial charge in [0.25, 0.3) is 0 Å². The maximum atomic E-state index is 14.2. The van der Waals surface area contributed by atoms with E-state index in [1.165, 1.54) is 22.7 Å². The molecule has 0 aliphatic carbocycles. The predicted molar refractivity (Wildman–Crippen MR) is 88.6 cm³/mol. The number of carbonyl (C=O) groups excluding carboxylic acids is 2. The van der Waals surface area contributed by atoms with Crippen molar-refractivity contribution in [3.05, 3.63) is 53.9 Å². The smallest absolute Gasteiger partial charge is 0.240 e. The number of thioether (sulfide) groups is 1. The van der Waals surface area contributed by atoms with Crippen LogP contribution in [0.2, 0.25) is 0 Å². The van der Waals surface area contributed by atoms with Crippen LogP contribution in [0.25, 0.3) is 0 Å². The molecule has 6 nitrogen and oxygen atoms in total. The molecule has 0 unspecified atom stereocenters. The zero-order valence-corrected chi connectivity index (χ0v) is 13.9. The zero-order chi connectivity index (χ0) is 17.1. The Labute approximate surface area is 143 Å². The normalized spacial score (nSPS) is 15.6. The minimum atomic E-state index is -0.718. The SMILES string of the molecule is Cn1ccnc1[C@H](NC(=O)CN1CSCC1=O)c1ccccc1F. The fourth-order valence-electron chi connectivity index (χ4n) is 2.57. The summed E-state index contributed by atoms with van der Waals surface area (Å²) in [4.78, 5) is 29.7. The number of nitrogens with one attached hydrogen (secondary N) is 1. The molecule has 1 atom stereocenters. The van der Waals surface area contributed by atoms with E-state index < -0.39 is 11.9 Å². The van der Waals surface area contributed by atoms with E-state index in [1.54, 1.807) is 42.2 Å². The highest BCUT2D eigenvalue weighted by Crippen LogP contribution is 2.23. The van der Waals surface area contributed by atoms with Crippen molar-refractivity contribution in [2.75, 3.05) is 18.2 Å². The number of benzene rings is 1. The van der Waals surface area contributed by atoms with Crippen LogP contribution < -0.4 is 5.32 Å². The number of hydrogen-bond donors (Lipinski definition) is 1. The van der Waals surface area contributed by atoms with E-state index in [0.717, 1.165) is 0 Å². The van der Waals surface area contributed by atoms with E-state index in [1.807, 2.05) is 0 Å². The lowest BCUT2D eigenvalue weighted by Crippen LogP contribution is -2.40. The summed E-state index contributed by atoms with van der Waals surface area (Å²) in [5, 5.41) is 2.80. The molecule has 8 heteroatoms. The molecule has 0 radical (unpaired) electrons. The third kappa shape index (κ3) is 3.43. The van der Waals surface area contributed by atoms with Crippen LogP contribution in [0.3, 0.4) is 0 Å². The van der Waals surface area contributed by atoms with Crippen molar-refractivity contribution < 1.29 is 14.0 Å². The summed E-state index contributed by atoms with van der Waals surface area (Å²) in [6.45, 7) is -0.0405. The van der Waals surface area contributed by atoms with Gasteiger partial charge in [0.15, 0.2) is 0 Å². The lowest BCUT2D eigenvalue weighted by atomic mass is 10.1. The first-order valence-corrected chi connectivity index (χ1v) is 8.58. The molecule has 1 aromatic carbocycles. The minimum absolute atomic E-state index is 0.0405. The molecule has 1 aromatic heterocycles. The van der Waals surface area contributed by atoms with Crippen LogP contribution in [0.4, 0.5) is 4.39 Å². The highest BCUT2D eigenvalue weighted by atomic mass is 32.2. The van der Waals surface area contributed by atoms with Crippen LogP contribution in [0.5, 0.6) is 0 Å². The van der Waals surface area contributed by atoms with Crippen molar-refractivity contribution in [1.82, 2.24) is 19.8 Å². The van der Waals surface area contributed by atoms with Crippen LogP contribution in [-0.4, -0.2) is 44.4 Å². The number of carbonyl (C=O) groups is 2. The molecule has 3 rings (SSSR count). The summed E-state index contributed by atoms with van der Waals surface area (Å²) in [6.07, 6.45) is 3.33. The third-order valence-electron chi connectivity index (χ3n) is 3.80. The summed E-state index contributed by atoms with van der Waals surface area (Å²) in [7, 11) is 1.78. The van der Waals surface area contributed by atoms with Crippen LogP contribution in [0.1, 0.15) is 17.4 Å². The van der Waals surface area contributed by atoms with Gasteiger partial charge in [0.05, 0.1) is 11.6 Å². The van der Waals surface area contributed by atoms with E-state index in [4.69, 9.17) is 0 Å². The topological polar surface area (TPSA) is 67.2 Å². The average Bonchev–Trinajstić information content (AvgIpc) is 3.15. The Hall–Kier alpha value is -2.35. The predicted octanol–water partition coefficient (Wildman–Crippen LogP) is 1.30. The van der Waals surface area contributed by atoms with Crippen LogP contribution in [0.15, 0.2) is 36.7 Å². The second-order valence-corrected chi connectivity index (χ2v) is 6.44. The summed E-state index contributed by atoms with van der Waals surface area (Å²) in [5.41, 5.74) is 0.335. The number of amides is 2. The molecular formula is C16H17FN4O2S. The van der Waals surface area contributed by atoms with Gasteiger partial charge >= 0.3 is 0 Å². The van der Waals surface area contributed by atoms with Gasteiger partial charge in [-0.2, -0.15) is 0 Å². The Morgan fingerprint density at radius 2 is 2.25 bits per heavy atom. The maximum Gasteiger partial charge on any atom is 0.240 e. The fourth-order valence-corrected chi connectivity index (χ4v) is 3.47. The van der Waals surface area contributed by atoms with Gasteiger partial charge in [-0.15, -0.1) is 11.8 Å². The molecule has 126 valence electrons. The molecule has 1 aliphatic rings. The quantitative estimate of drug-likeness (QED) is 0.884. The summed E-state index contributed by atoms with van der Waals surface area (Å²) in [5.74, 6) is 0.591. The number of imidazole rings is 1. The molecule has 0 spiro atoms. The van der Waals surface area contributed by atoms with Gasteiger partial charge in [-0.1, -0.05) is 18.2 Å². The van der Waals surface area contributed by atoms with E-state index in [-0.39, 0.29) is 18.4 Å². The van der Waals surface area contributed by atoms with E-state index >= 15 is 0 Å². The highest BCUT2D eigenvalue weighted by Gasteiger charge is 2.27. The Morgan fingerprint density at radius 1 is 1.46 bits per heavy atom. The van der Waals surface area contributed by atoms with Gasteiger partial charge < -0.3 is 14.8 Å².